The largest absolute Gasteiger partial charge is 0.496 e. The van der Waals surface area contributed by atoms with Crippen LogP contribution in [0.1, 0.15) is 17.0 Å². The van der Waals surface area contributed by atoms with Gasteiger partial charge in [-0.1, -0.05) is 23.4 Å². The van der Waals surface area contributed by atoms with E-state index >= 15 is 0 Å². The second-order valence-electron chi connectivity index (χ2n) is 6.50. The van der Waals surface area contributed by atoms with Crippen LogP contribution in [0.3, 0.4) is 0 Å². The van der Waals surface area contributed by atoms with Gasteiger partial charge in [-0.3, -0.25) is 9.97 Å². The molecule has 0 radical (unpaired) electrons. The first kappa shape index (κ1) is 18.5. The Morgan fingerprint density at radius 1 is 1.00 bits per heavy atom. The van der Waals surface area contributed by atoms with E-state index < -0.39 is 0 Å². The number of para-hydroxylation sites is 1. The minimum Gasteiger partial charge on any atom is -0.496 e. The number of ether oxygens (including phenoxy) is 1. The standard InChI is InChI=1S/C21H20N6O2/c1-13-8-19(29-27-13)16-11-25-21(24-10-15-6-4-5-7-18(15)28-3)26-20(16)17-12-22-14(2)9-23-17/h4-9,11-12H,10H2,1-3H3,(H,24,25,26). The number of benzene rings is 1. The summed E-state index contributed by atoms with van der Waals surface area (Å²) in [6, 6.07) is 9.64. The molecule has 8 nitrogen and oxygen atoms in total. The maximum absolute atomic E-state index is 5.42. The highest BCUT2D eigenvalue weighted by molar-refractivity contribution is 5.76. The smallest absolute Gasteiger partial charge is 0.223 e. The SMILES string of the molecule is COc1ccccc1CNc1ncc(-c2cc(C)no2)c(-c2cnc(C)cn2)n1. The number of aryl methyl sites for hydroxylation is 2. The summed E-state index contributed by atoms with van der Waals surface area (Å²) in [4.78, 5) is 17.9. The lowest BCUT2D eigenvalue weighted by molar-refractivity contribution is 0.410. The fourth-order valence-corrected chi connectivity index (χ4v) is 2.87. The van der Waals surface area contributed by atoms with E-state index in [0.717, 1.165) is 22.7 Å². The van der Waals surface area contributed by atoms with E-state index in [1.54, 1.807) is 25.7 Å². The van der Waals surface area contributed by atoms with Crippen molar-refractivity contribution in [2.45, 2.75) is 20.4 Å². The first-order valence-electron chi connectivity index (χ1n) is 9.09. The number of nitrogens with one attached hydrogen (secondary N) is 1. The third-order valence-electron chi connectivity index (χ3n) is 4.34. The minimum atomic E-state index is 0.466. The van der Waals surface area contributed by atoms with Crippen molar-refractivity contribution in [3.05, 3.63) is 65.9 Å². The van der Waals surface area contributed by atoms with Crippen molar-refractivity contribution in [3.8, 4) is 28.5 Å². The van der Waals surface area contributed by atoms with Crippen molar-refractivity contribution in [2.75, 3.05) is 12.4 Å². The summed E-state index contributed by atoms with van der Waals surface area (Å²) in [7, 11) is 1.65. The molecule has 1 aromatic carbocycles. The molecule has 0 atom stereocenters. The molecule has 0 bridgehead atoms. The molecule has 4 rings (SSSR count). The minimum absolute atomic E-state index is 0.466. The second-order valence-corrected chi connectivity index (χ2v) is 6.50. The molecule has 0 spiro atoms. The van der Waals surface area contributed by atoms with Crippen LogP contribution < -0.4 is 10.1 Å². The van der Waals surface area contributed by atoms with Crippen LogP contribution in [-0.2, 0) is 6.54 Å². The molecule has 0 fully saturated rings. The summed E-state index contributed by atoms with van der Waals surface area (Å²) in [5, 5.41) is 7.21. The molecule has 29 heavy (non-hydrogen) atoms. The van der Waals surface area contributed by atoms with E-state index in [9.17, 15) is 0 Å². The monoisotopic (exact) mass is 388 g/mol. The van der Waals surface area contributed by atoms with Gasteiger partial charge in [-0.25, -0.2) is 9.97 Å². The summed E-state index contributed by atoms with van der Waals surface area (Å²) in [6.45, 7) is 4.27. The highest BCUT2D eigenvalue weighted by Gasteiger charge is 2.17. The van der Waals surface area contributed by atoms with Gasteiger partial charge in [-0.2, -0.15) is 0 Å². The predicted molar refractivity (Wildman–Crippen MR) is 108 cm³/mol. The average molecular weight is 388 g/mol. The Morgan fingerprint density at radius 2 is 1.86 bits per heavy atom. The molecule has 0 amide bonds. The number of aromatic nitrogens is 5. The molecule has 3 heterocycles. The number of methoxy groups -OCH3 is 1. The first-order valence-corrected chi connectivity index (χ1v) is 9.09. The Bertz CT molecular complexity index is 1120. The van der Waals surface area contributed by atoms with Crippen LogP contribution in [0.2, 0.25) is 0 Å². The average Bonchev–Trinajstić information content (AvgIpc) is 3.19. The van der Waals surface area contributed by atoms with Gasteiger partial charge in [-0.05, 0) is 19.9 Å². The quantitative estimate of drug-likeness (QED) is 0.532. The van der Waals surface area contributed by atoms with Crippen molar-refractivity contribution >= 4 is 5.95 Å². The zero-order valence-corrected chi connectivity index (χ0v) is 16.4. The van der Waals surface area contributed by atoms with Gasteiger partial charge in [0.1, 0.15) is 17.1 Å². The van der Waals surface area contributed by atoms with Gasteiger partial charge in [0, 0.05) is 30.6 Å². The fraction of sp³-hybridized carbons (Fsp3) is 0.190. The molecule has 0 saturated carbocycles. The van der Waals surface area contributed by atoms with Gasteiger partial charge in [0.25, 0.3) is 0 Å². The van der Waals surface area contributed by atoms with Crippen molar-refractivity contribution in [1.82, 2.24) is 25.1 Å². The maximum Gasteiger partial charge on any atom is 0.223 e. The summed E-state index contributed by atoms with van der Waals surface area (Å²) in [6.07, 6.45) is 5.09. The van der Waals surface area contributed by atoms with Crippen LogP contribution in [0.5, 0.6) is 5.75 Å². The van der Waals surface area contributed by atoms with Crippen molar-refractivity contribution < 1.29 is 9.26 Å². The Labute approximate surface area is 168 Å². The molecule has 3 aromatic heterocycles. The lowest BCUT2D eigenvalue weighted by Gasteiger charge is -2.11. The third kappa shape index (κ3) is 4.06. The Balaban J connectivity index is 1.69. The number of nitrogens with zero attached hydrogens (tertiary/aromatic N) is 5. The third-order valence-corrected chi connectivity index (χ3v) is 4.34. The van der Waals surface area contributed by atoms with Gasteiger partial charge in [-0.15, -0.1) is 0 Å². The van der Waals surface area contributed by atoms with Gasteiger partial charge >= 0.3 is 0 Å². The summed E-state index contributed by atoms with van der Waals surface area (Å²) in [5.74, 6) is 1.85. The number of hydrogen-bond acceptors (Lipinski definition) is 8. The van der Waals surface area contributed by atoms with E-state index in [4.69, 9.17) is 9.26 Å². The van der Waals surface area contributed by atoms with Gasteiger partial charge < -0.3 is 14.6 Å². The lowest BCUT2D eigenvalue weighted by atomic mass is 10.1. The zero-order chi connectivity index (χ0) is 20.2. The maximum atomic E-state index is 5.42. The molecular formula is C21H20N6O2. The number of hydrogen-bond donors (Lipinski definition) is 1. The number of rotatable bonds is 6. The molecule has 4 aromatic rings. The molecule has 0 aliphatic carbocycles. The molecule has 0 unspecified atom stereocenters. The van der Waals surface area contributed by atoms with E-state index in [2.05, 4.69) is 30.4 Å². The Hall–Kier alpha value is -3.81. The lowest BCUT2D eigenvalue weighted by Crippen LogP contribution is -2.06. The number of anilines is 1. The van der Waals surface area contributed by atoms with E-state index in [-0.39, 0.29) is 0 Å². The van der Waals surface area contributed by atoms with Crippen LogP contribution in [0.25, 0.3) is 22.7 Å². The highest BCUT2D eigenvalue weighted by Crippen LogP contribution is 2.30. The van der Waals surface area contributed by atoms with Crippen LogP contribution in [0.4, 0.5) is 5.95 Å². The van der Waals surface area contributed by atoms with Crippen molar-refractivity contribution in [2.24, 2.45) is 0 Å². The summed E-state index contributed by atoms with van der Waals surface area (Å²) < 4.78 is 10.8. The topological polar surface area (TPSA) is 98.8 Å². The van der Waals surface area contributed by atoms with Crippen LogP contribution in [0, 0.1) is 13.8 Å². The van der Waals surface area contributed by atoms with Crippen LogP contribution in [0.15, 0.2) is 53.4 Å². The molecule has 0 aliphatic heterocycles. The molecular weight excluding hydrogens is 368 g/mol. The van der Waals surface area contributed by atoms with E-state index in [1.165, 1.54) is 0 Å². The van der Waals surface area contributed by atoms with Gasteiger partial charge in [0.15, 0.2) is 5.76 Å². The summed E-state index contributed by atoms with van der Waals surface area (Å²) in [5.41, 5.74) is 4.55. The molecule has 8 heteroatoms. The summed E-state index contributed by atoms with van der Waals surface area (Å²) >= 11 is 0. The Morgan fingerprint density at radius 3 is 2.59 bits per heavy atom. The normalized spacial score (nSPS) is 10.7. The van der Waals surface area contributed by atoms with E-state index in [1.807, 2.05) is 44.2 Å². The van der Waals surface area contributed by atoms with Gasteiger partial charge in [0.05, 0.1) is 30.3 Å². The van der Waals surface area contributed by atoms with Crippen molar-refractivity contribution in [3.63, 3.8) is 0 Å². The van der Waals surface area contributed by atoms with E-state index in [0.29, 0.717) is 35.2 Å². The molecule has 1 N–H and O–H groups in total. The Kier molecular flexibility index (Phi) is 5.15. The molecule has 0 aliphatic rings. The molecule has 0 saturated heterocycles. The molecule has 146 valence electrons. The predicted octanol–water partition coefficient (Wildman–Crippen LogP) is 3.83. The zero-order valence-electron chi connectivity index (χ0n) is 16.4. The second kappa shape index (κ2) is 8.05. The highest BCUT2D eigenvalue weighted by atomic mass is 16.5. The van der Waals surface area contributed by atoms with Crippen LogP contribution >= 0.6 is 0 Å². The van der Waals surface area contributed by atoms with Crippen molar-refractivity contribution in [1.29, 1.82) is 0 Å². The fourth-order valence-electron chi connectivity index (χ4n) is 2.87. The van der Waals surface area contributed by atoms with Gasteiger partial charge in [0.2, 0.25) is 5.95 Å². The van der Waals surface area contributed by atoms with Crippen LogP contribution in [-0.4, -0.2) is 32.2 Å². The first-order chi connectivity index (χ1) is 14.1.